The SMILES string of the molecule is O=C(O)c1cccc(C2CCCS2)c1. The van der Waals surface area contributed by atoms with Crippen molar-refractivity contribution >= 4 is 17.7 Å². The normalized spacial score (nSPS) is 21.0. The Hall–Kier alpha value is -0.960. The minimum absolute atomic E-state index is 0.398. The molecular weight excluding hydrogens is 196 g/mol. The van der Waals surface area contributed by atoms with Crippen molar-refractivity contribution in [3.8, 4) is 0 Å². The van der Waals surface area contributed by atoms with Crippen LogP contribution >= 0.6 is 11.8 Å². The van der Waals surface area contributed by atoms with Gasteiger partial charge in [0.1, 0.15) is 0 Å². The molecule has 14 heavy (non-hydrogen) atoms. The van der Waals surface area contributed by atoms with Crippen LogP contribution in [-0.4, -0.2) is 16.8 Å². The molecule has 0 spiro atoms. The molecule has 3 heteroatoms. The van der Waals surface area contributed by atoms with Gasteiger partial charge in [-0.1, -0.05) is 12.1 Å². The third-order valence-electron chi connectivity index (χ3n) is 2.44. The fourth-order valence-corrected chi connectivity index (χ4v) is 3.00. The lowest BCUT2D eigenvalue weighted by Gasteiger charge is -2.08. The van der Waals surface area contributed by atoms with Crippen LogP contribution in [0.15, 0.2) is 24.3 Å². The smallest absolute Gasteiger partial charge is 0.335 e. The van der Waals surface area contributed by atoms with Crippen molar-refractivity contribution in [3.05, 3.63) is 35.4 Å². The number of aromatic carboxylic acids is 1. The van der Waals surface area contributed by atoms with Gasteiger partial charge < -0.3 is 5.11 Å². The van der Waals surface area contributed by atoms with E-state index in [1.165, 1.54) is 18.6 Å². The van der Waals surface area contributed by atoms with Gasteiger partial charge in [-0.05, 0) is 36.3 Å². The summed E-state index contributed by atoms with van der Waals surface area (Å²) in [6.07, 6.45) is 2.42. The second-order valence-electron chi connectivity index (χ2n) is 3.43. The molecule has 1 aromatic rings. The van der Waals surface area contributed by atoms with Gasteiger partial charge in [-0.15, -0.1) is 0 Å². The Morgan fingerprint density at radius 1 is 1.50 bits per heavy atom. The molecule has 0 amide bonds. The van der Waals surface area contributed by atoms with Crippen LogP contribution in [0.5, 0.6) is 0 Å². The van der Waals surface area contributed by atoms with Gasteiger partial charge in [0.25, 0.3) is 0 Å². The van der Waals surface area contributed by atoms with Gasteiger partial charge >= 0.3 is 5.97 Å². The lowest BCUT2D eigenvalue weighted by molar-refractivity contribution is 0.0697. The lowest BCUT2D eigenvalue weighted by atomic mass is 10.1. The van der Waals surface area contributed by atoms with Gasteiger partial charge in [-0.3, -0.25) is 0 Å². The molecule has 1 saturated heterocycles. The summed E-state index contributed by atoms with van der Waals surface area (Å²) >= 11 is 1.92. The monoisotopic (exact) mass is 208 g/mol. The van der Waals surface area contributed by atoms with Crippen LogP contribution in [-0.2, 0) is 0 Å². The summed E-state index contributed by atoms with van der Waals surface area (Å²) in [7, 11) is 0. The van der Waals surface area contributed by atoms with E-state index < -0.39 is 5.97 Å². The average Bonchev–Trinajstić information content (AvgIpc) is 2.71. The third-order valence-corrected chi connectivity index (χ3v) is 3.87. The number of carbonyl (C=O) groups is 1. The second kappa shape index (κ2) is 4.05. The number of rotatable bonds is 2. The molecule has 0 saturated carbocycles. The van der Waals surface area contributed by atoms with Crippen LogP contribution in [0, 0.1) is 0 Å². The largest absolute Gasteiger partial charge is 0.478 e. The van der Waals surface area contributed by atoms with Crippen molar-refractivity contribution in [2.45, 2.75) is 18.1 Å². The summed E-state index contributed by atoms with van der Waals surface area (Å²) in [5, 5.41) is 9.35. The summed E-state index contributed by atoms with van der Waals surface area (Å²) in [6.45, 7) is 0. The maximum atomic E-state index is 10.8. The Balaban J connectivity index is 2.25. The zero-order valence-electron chi connectivity index (χ0n) is 7.77. The van der Waals surface area contributed by atoms with E-state index in [4.69, 9.17) is 5.11 Å². The first-order valence-corrected chi connectivity index (χ1v) is 5.77. The topological polar surface area (TPSA) is 37.3 Å². The van der Waals surface area contributed by atoms with Crippen molar-refractivity contribution in [1.29, 1.82) is 0 Å². The molecule has 1 fully saturated rings. The van der Waals surface area contributed by atoms with E-state index in [1.807, 2.05) is 23.9 Å². The fraction of sp³-hybridized carbons (Fsp3) is 0.364. The van der Waals surface area contributed by atoms with Crippen molar-refractivity contribution in [1.82, 2.24) is 0 Å². The van der Waals surface area contributed by atoms with Gasteiger partial charge in [0.05, 0.1) is 5.56 Å². The number of hydrogen-bond acceptors (Lipinski definition) is 2. The zero-order chi connectivity index (χ0) is 9.97. The van der Waals surface area contributed by atoms with E-state index in [0.717, 1.165) is 5.56 Å². The molecule has 1 heterocycles. The van der Waals surface area contributed by atoms with Crippen molar-refractivity contribution < 1.29 is 9.90 Å². The summed E-state index contributed by atoms with van der Waals surface area (Å²) in [5.74, 6) is 0.358. The van der Waals surface area contributed by atoms with Gasteiger partial charge in [0, 0.05) is 5.25 Å². The van der Waals surface area contributed by atoms with Gasteiger partial charge in [-0.25, -0.2) is 4.79 Å². The summed E-state index contributed by atoms with van der Waals surface area (Å²) in [4.78, 5) is 10.8. The summed E-state index contributed by atoms with van der Waals surface area (Å²) in [5.41, 5.74) is 1.56. The minimum atomic E-state index is -0.838. The number of carboxylic acid groups (broad SMARTS) is 1. The minimum Gasteiger partial charge on any atom is -0.478 e. The van der Waals surface area contributed by atoms with Crippen LogP contribution in [0.3, 0.4) is 0 Å². The molecule has 1 N–H and O–H groups in total. The molecule has 1 aliphatic rings. The Morgan fingerprint density at radius 2 is 2.36 bits per heavy atom. The highest BCUT2D eigenvalue weighted by Crippen LogP contribution is 2.39. The van der Waals surface area contributed by atoms with E-state index in [9.17, 15) is 4.79 Å². The second-order valence-corrected chi connectivity index (χ2v) is 4.74. The van der Waals surface area contributed by atoms with Crippen LogP contribution in [0.1, 0.15) is 34.0 Å². The van der Waals surface area contributed by atoms with Crippen molar-refractivity contribution in [3.63, 3.8) is 0 Å². The standard InChI is InChI=1S/C11H12O2S/c12-11(13)9-4-1-3-8(7-9)10-5-2-6-14-10/h1,3-4,7,10H,2,5-6H2,(H,12,13). The van der Waals surface area contributed by atoms with Crippen LogP contribution in [0.25, 0.3) is 0 Å². The first kappa shape index (κ1) is 9.59. The zero-order valence-corrected chi connectivity index (χ0v) is 8.59. The summed E-state index contributed by atoms with van der Waals surface area (Å²) < 4.78 is 0. The van der Waals surface area contributed by atoms with Crippen molar-refractivity contribution in [2.75, 3.05) is 5.75 Å². The predicted octanol–water partition coefficient (Wildman–Crippen LogP) is 2.95. The Labute approximate surface area is 87.3 Å². The molecule has 0 bridgehead atoms. The molecule has 1 aromatic carbocycles. The van der Waals surface area contributed by atoms with Gasteiger partial charge in [0.2, 0.25) is 0 Å². The first-order valence-electron chi connectivity index (χ1n) is 4.72. The summed E-state index contributed by atoms with van der Waals surface area (Å²) in [6, 6.07) is 7.30. The molecule has 2 nitrogen and oxygen atoms in total. The molecular formula is C11H12O2S. The van der Waals surface area contributed by atoms with Gasteiger partial charge in [-0.2, -0.15) is 11.8 Å². The molecule has 0 aliphatic carbocycles. The Kier molecular flexibility index (Phi) is 2.77. The third kappa shape index (κ3) is 1.93. The van der Waals surface area contributed by atoms with Crippen LogP contribution < -0.4 is 0 Å². The van der Waals surface area contributed by atoms with E-state index in [-0.39, 0.29) is 0 Å². The predicted molar refractivity (Wildman–Crippen MR) is 57.8 cm³/mol. The quantitative estimate of drug-likeness (QED) is 0.811. The van der Waals surface area contributed by atoms with Crippen molar-refractivity contribution in [2.24, 2.45) is 0 Å². The lowest BCUT2D eigenvalue weighted by Crippen LogP contribution is -1.98. The van der Waals surface area contributed by atoms with E-state index in [0.29, 0.717) is 10.8 Å². The maximum Gasteiger partial charge on any atom is 0.335 e. The molecule has 1 atom stereocenters. The van der Waals surface area contributed by atoms with E-state index in [1.54, 1.807) is 12.1 Å². The maximum absolute atomic E-state index is 10.8. The highest BCUT2D eigenvalue weighted by molar-refractivity contribution is 7.99. The number of hydrogen-bond donors (Lipinski definition) is 1. The molecule has 0 radical (unpaired) electrons. The first-order chi connectivity index (χ1) is 6.77. The molecule has 74 valence electrons. The van der Waals surface area contributed by atoms with Crippen LogP contribution in [0.2, 0.25) is 0 Å². The molecule has 0 aromatic heterocycles. The number of carboxylic acids is 1. The van der Waals surface area contributed by atoms with E-state index >= 15 is 0 Å². The Morgan fingerprint density at radius 3 is 3.00 bits per heavy atom. The number of benzene rings is 1. The molecule has 1 unspecified atom stereocenters. The van der Waals surface area contributed by atoms with Gasteiger partial charge in [0.15, 0.2) is 0 Å². The molecule has 1 aliphatic heterocycles. The molecule has 2 rings (SSSR count). The van der Waals surface area contributed by atoms with E-state index in [2.05, 4.69) is 0 Å². The average molecular weight is 208 g/mol. The Bertz CT molecular complexity index is 343. The highest BCUT2D eigenvalue weighted by Gasteiger charge is 2.18. The highest BCUT2D eigenvalue weighted by atomic mass is 32.2. The fourth-order valence-electron chi connectivity index (χ4n) is 1.71. The van der Waals surface area contributed by atoms with Crippen LogP contribution in [0.4, 0.5) is 0 Å². The number of thioether (sulfide) groups is 1.